The summed E-state index contributed by atoms with van der Waals surface area (Å²) in [5.41, 5.74) is 1.21. The zero-order valence-corrected chi connectivity index (χ0v) is 10.8. The fourth-order valence-electron chi connectivity index (χ4n) is 2.22. The van der Waals surface area contributed by atoms with Gasteiger partial charge in [-0.05, 0) is 30.0 Å². The number of fused-ring (bicyclic) bond motifs is 1. The molecule has 1 aromatic carbocycles. The number of hydrogen-bond donors (Lipinski definition) is 1. The van der Waals surface area contributed by atoms with Crippen molar-refractivity contribution in [3.8, 4) is 0 Å². The van der Waals surface area contributed by atoms with Crippen LogP contribution in [-0.4, -0.2) is 4.98 Å². The number of hydrogen-bond acceptors (Lipinski definition) is 3. The Morgan fingerprint density at radius 2 is 2.05 bits per heavy atom. The number of benzene rings is 1. The molecule has 0 amide bonds. The minimum Gasteiger partial charge on any atom is -0.468 e. The first-order valence-corrected chi connectivity index (χ1v) is 6.43. The fourth-order valence-corrected chi connectivity index (χ4v) is 2.22. The van der Waals surface area contributed by atoms with Gasteiger partial charge in [-0.25, -0.2) is 0 Å². The molecule has 0 saturated heterocycles. The van der Waals surface area contributed by atoms with Gasteiger partial charge in [0.05, 0.1) is 12.3 Å². The maximum atomic E-state index is 5.39. The van der Waals surface area contributed by atoms with Crippen LogP contribution in [0.25, 0.3) is 10.8 Å². The van der Waals surface area contributed by atoms with E-state index in [4.69, 9.17) is 4.42 Å². The first kappa shape index (κ1) is 11.9. The molecule has 2 aromatic heterocycles. The molecule has 0 fully saturated rings. The molecular weight excluding hydrogens is 236 g/mol. The van der Waals surface area contributed by atoms with Crippen LogP contribution in [0.3, 0.4) is 0 Å². The van der Waals surface area contributed by atoms with E-state index in [2.05, 4.69) is 35.4 Å². The smallest absolute Gasteiger partial charge is 0.120 e. The van der Waals surface area contributed by atoms with Gasteiger partial charge in [-0.2, -0.15) is 0 Å². The predicted molar refractivity (Wildman–Crippen MR) is 75.7 cm³/mol. The first-order chi connectivity index (χ1) is 9.34. The van der Waals surface area contributed by atoms with Crippen molar-refractivity contribution >= 4 is 10.8 Å². The van der Waals surface area contributed by atoms with Gasteiger partial charge < -0.3 is 9.73 Å². The molecule has 1 N–H and O–H groups in total. The van der Waals surface area contributed by atoms with Crippen molar-refractivity contribution in [1.29, 1.82) is 0 Å². The van der Waals surface area contributed by atoms with Crippen molar-refractivity contribution in [3.63, 3.8) is 0 Å². The zero-order valence-electron chi connectivity index (χ0n) is 10.8. The van der Waals surface area contributed by atoms with Gasteiger partial charge in [-0.3, -0.25) is 4.98 Å². The lowest BCUT2D eigenvalue weighted by Crippen LogP contribution is -2.17. The molecule has 0 aliphatic rings. The van der Waals surface area contributed by atoms with Crippen molar-refractivity contribution in [2.45, 2.75) is 19.5 Å². The molecule has 0 aliphatic heterocycles. The summed E-state index contributed by atoms with van der Waals surface area (Å²) in [6.07, 6.45) is 5.52. The second kappa shape index (κ2) is 5.24. The highest BCUT2D eigenvalue weighted by molar-refractivity contribution is 5.84. The molecular formula is C16H16N2O. The molecule has 1 atom stereocenters. The molecule has 0 spiro atoms. The third kappa shape index (κ3) is 2.51. The third-order valence-electron chi connectivity index (χ3n) is 3.32. The maximum Gasteiger partial charge on any atom is 0.120 e. The summed E-state index contributed by atoms with van der Waals surface area (Å²) in [5, 5.41) is 5.88. The van der Waals surface area contributed by atoms with Crippen molar-refractivity contribution < 1.29 is 4.42 Å². The standard InChI is InChI=1S/C16H16N2O/c1-12(16-7-4-8-19-16)18-11-14-10-17-9-13-5-2-3-6-15(13)14/h2-10,12,18H,11H2,1H3/t12-/m1/s1. The van der Waals surface area contributed by atoms with Crippen LogP contribution in [0.1, 0.15) is 24.3 Å². The summed E-state index contributed by atoms with van der Waals surface area (Å²) >= 11 is 0. The van der Waals surface area contributed by atoms with E-state index < -0.39 is 0 Å². The predicted octanol–water partition coefficient (Wildman–Crippen LogP) is 3.68. The van der Waals surface area contributed by atoms with Gasteiger partial charge in [0.1, 0.15) is 5.76 Å². The Hall–Kier alpha value is -2.13. The molecule has 19 heavy (non-hydrogen) atoms. The summed E-state index contributed by atoms with van der Waals surface area (Å²) in [6.45, 7) is 2.87. The molecule has 0 saturated carbocycles. The highest BCUT2D eigenvalue weighted by atomic mass is 16.3. The molecule has 0 bridgehead atoms. The Balaban J connectivity index is 1.79. The topological polar surface area (TPSA) is 38.1 Å². The van der Waals surface area contributed by atoms with Gasteiger partial charge in [0, 0.05) is 24.3 Å². The Kier molecular flexibility index (Phi) is 3.29. The van der Waals surface area contributed by atoms with Crippen LogP contribution in [0.4, 0.5) is 0 Å². The minimum atomic E-state index is 0.189. The highest BCUT2D eigenvalue weighted by Crippen LogP contribution is 2.18. The Morgan fingerprint density at radius 3 is 2.89 bits per heavy atom. The molecule has 0 unspecified atom stereocenters. The van der Waals surface area contributed by atoms with Gasteiger partial charge in [0.2, 0.25) is 0 Å². The lowest BCUT2D eigenvalue weighted by Gasteiger charge is -2.12. The average Bonchev–Trinajstić information content (AvgIpc) is 2.99. The van der Waals surface area contributed by atoms with Crippen molar-refractivity contribution in [2.75, 3.05) is 0 Å². The molecule has 3 heteroatoms. The van der Waals surface area contributed by atoms with Gasteiger partial charge >= 0.3 is 0 Å². The Morgan fingerprint density at radius 1 is 1.16 bits per heavy atom. The fraction of sp³-hybridized carbons (Fsp3) is 0.188. The first-order valence-electron chi connectivity index (χ1n) is 6.43. The van der Waals surface area contributed by atoms with Crippen LogP contribution in [0, 0.1) is 0 Å². The van der Waals surface area contributed by atoms with Crippen molar-refractivity contribution in [3.05, 3.63) is 66.4 Å². The normalized spacial score (nSPS) is 12.7. The van der Waals surface area contributed by atoms with E-state index in [1.54, 1.807) is 6.26 Å². The summed E-state index contributed by atoms with van der Waals surface area (Å²) in [4.78, 5) is 4.29. The molecule has 3 aromatic rings. The number of nitrogens with one attached hydrogen (secondary N) is 1. The summed E-state index contributed by atoms with van der Waals surface area (Å²) in [7, 11) is 0. The largest absolute Gasteiger partial charge is 0.468 e. The molecule has 3 nitrogen and oxygen atoms in total. The quantitative estimate of drug-likeness (QED) is 0.769. The number of pyridine rings is 1. The number of nitrogens with zero attached hydrogens (tertiary/aromatic N) is 1. The molecule has 3 rings (SSSR count). The van der Waals surface area contributed by atoms with Crippen LogP contribution in [0.2, 0.25) is 0 Å². The van der Waals surface area contributed by atoms with Gasteiger partial charge in [-0.15, -0.1) is 0 Å². The SMILES string of the molecule is C[C@@H](NCc1cncc2ccccc12)c1ccco1. The van der Waals surface area contributed by atoms with E-state index in [9.17, 15) is 0 Å². The number of furan rings is 1. The van der Waals surface area contributed by atoms with Crippen LogP contribution in [0.5, 0.6) is 0 Å². The van der Waals surface area contributed by atoms with Crippen molar-refractivity contribution in [1.82, 2.24) is 10.3 Å². The van der Waals surface area contributed by atoms with Crippen molar-refractivity contribution in [2.24, 2.45) is 0 Å². The zero-order chi connectivity index (χ0) is 13.1. The maximum absolute atomic E-state index is 5.39. The molecule has 0 radical (unpaired) electrons. The van der Waals surface area contributed by atoms with E-state index in [0.717, 1.165) is 12.3 Å². The van der Waals surface area contributed by atoms with Gasteiger partial charge in [0.15, 0.2) is 0 Å². The Bertz CT molecular complexity index is 656. The molecule has 96 valence electrons. The summed E-state index contributed by atoms with van der Waals surface area (Å²) < 4.78 is 5.39. The van der Waals surface area contributed by atoms with Crippen LogP contribution >= 0.6 is 0 Å². The van der Waals surface area contributed by atoms with Gasteiger partial charge in [-0.1, -0.05) is 24.3 Å². The second-order valence-electron chi connectivity index (χ2n) is 4.64. The van der Waals surface area contributed by atoms with E-state index in [1.807, 2.05) is 30.6 Å². The van der Waals surface area contributed by atoms with E-state index in [0.29, 0.717) is 0 Å². The third-order valence-corrected chi connectivity index (χ3v) is 3.32. The van der Waals surface area contributed by atoms with E-state index in [-0.39, 0.29) is 6.04 Å². The molecule has 2 heterocycles. The summed E-state index contributed by atoms with van der Waals surface area (Å²) in [6, 6.07) is 12.4. The van der Waals surface area contributed by atoms with Crippen LogP contribution < -0.4 is 5.32 Å². The Labute approximate surface area is 112 Å². The summed E-state index contributed by atoms with van der Waals surface area (Å²) in [5.74, 6) is 0.952. The number of aromatic nitrogens is 1. The van der Waals surface area contributed by atoms with E-state index >= 15 is 0 Å². The minimum absolute atomic E-state index is 0.189. The monoisotopic (exact) mass is 252 g/mol. The second-order valence-corrected chi connectivity index (χ2v) is 4.64. The average molecular weight is 252 g/mol. The highest BCUT2D eigenvalue weighted by Gasteiger charge is 2.08. The lowest BCUT2D eigenvalue weighted by atomic mass is 10.1. The molecule has 0 aliphatic carbocycles. The van der Waals surface area contributed by atoms with Crippen LogP contribution in [0.15, 0.2) is 59.5 Å². The van der Waals surface area contributed by atoms with Crippen LogP contribution in [-0.2, 0) is 6.54 Å². The lowest BCUT2D eigenvalue weighted by molar-refractivity contribution is 0.430. The number of rotatable bonds is 4. The van der Waals surface area contributed by atoms with E-state index in [1.165, 1.54) is 16.3 Å². The van der Waals surface area contributed by atoms with Gasteiger partial charge in [0.25, 0.3) is 0 Å².